The molecule has 3 amide bonds. The number of nitrogens with zero attached hydrogens (tertiary/aromatic N) is 4. The van der Waals surface area contributed by atoms with Gasteiger partial charge in [0.15, 0.2) is 17.4 Å². The molecule has 0 aromatic heterocycles. The van der Waals surface area contributed by atoms with E-state index >= 15 is 0 Å². The highest BCUT2D eigenvalue weighted by Crippen LogP contribution is 2.33. The van der Waals surface area contributed by atoms with Crippen LogP contribution in [0.4, 0.5) is 4.79 Å². The van der Waals surface area contributed by atoms with Gasteiger partial charge in [0, 0.05) is 26.4 Å². The average Bonchev–Trinajstić information content (AvgIpc) is 3.09. The largest absolute Gasteiger partial charge is 0.331 e. The van der Waals surface area contributed by atoms with Crippen LogP contribution in [0.5, 0.6) is 0 Å². The van der Waals surface area contributed by atoms with E-state index < -0.39 is 12.2 Å². The number of benzene rings is 2. The first-order valence-corrected chi connectivity index (χ1v) is 10.1. The van der Waals surface area contributed by atoms with Gasteiger partial charge >= 0.3 is 6.03 Å². The van der Waals surface area contributed by atoms with Gasteiger partial charge in [-0.15, -0.1) is 0 Å². The van der Waals surface area contributed by atoms with Crippen molar-refractivity contribution in [2.24, 2.45) is 4.99 Å². The Morgan fingerprint density at radius 3 is 2.18 bits per heavy atom. The van der Waals surface area contributed by atoms with Crippen LogP contribution in [0.2, 0.25) is 0 Å². The highest BCUT2D eigenvalue weighted by molar-refractivity contribution is 8.13. The number of thioether (sulfide) groups is 1. The van der Waals surface area contributed by atoms with E-state index in [-0.39, 0.29) is 11.9 Å². The number of rotatable bonds is 4. The second-order valence-corrected chi connectivity index (χ2v) is 7.89. The molecule has 0 saturated carbocycles. The number of amidine groups is 1. The first-order valence-electron chi connectivity index (χ1n) is 9.15. The molecule has 6 nitrogen and oxygen atoms in total. The molecule has 4 rings (SSSR count). The summed E-state index contributed by atoms with van der Waals surface area (Å²) in [6, 6.07) is 19.4. The van der Waals surface area contributed by atoms with Crippen LogP contribution in [0.15, 0.2) is 65.7 Å². The first kappa shape index (κ1) is 18.6. The molecule has 0 N–H and O–H groups in total. The van der Waals surface area contributed by atoms with Crippen LogP contribution >= 0.6 is 11.8 Å². The van der Waals surface area contributed by atoms with Gasteiger partial charge in [0.2, 0.25) is 0 Å². The maximum atomic E-state index is 12.9. The Labute approximate surface area is 168 Å². The quantitative estimate of drug-likeness (QED) is 0.800. The topological polar surface area (TPSA) is 56.2 Å². The maximum Gasteiger partial charge on any atom is 0.328 e. The molecule has 28 heavy (non-hydrogen) atoms. The number of amides is 3. The first-order chi connectivity index (χ1) is 13.6. The van der Waals surface area contributed by atoms with Crippen molar-refractivity contribution in [1.29, 1.82) is 0 Å². The van der Waals surface area contributed by atoms with E-state index in [1.54, 1.807) is 23.7 Å². The Balaban J connectivity index is 1.63. The number of hydrogen-bond donors (Lipinski definition) is 0. The minimum Gasteiger partial charge on any atom is -0.331 e. The van der Waals surface area contributed by atoms with E-state index in [4.69, 9.17) is 4.99 Å². The Morgan fingerprint density at radius 1 is 0.929 bits per heavy atom. The van der Waals surface area contributed by atoms with E-state index in [0.29, 0.717) is 6.54 Å². The highest BCUT2D eigenvalue weighted by Gasteiger charge is 2.50. The summed E-state index contributed by atoms with van der Waals surface area (Å²) in [5.41, 5.74) is 2.30. The number of hydrogen-bond acceptors (Lipinski definition) is 5. The SMILES string of the molecule is CN1C(=O)C2C(N=C(SCc3ccccc3)N2Cc2ccccc2)N(C)C1=O. The van der Waals surface area contributed by atoms with Gasteiger partial charge in [0.25, 0.3) is 5.91 Å². The number of carbonyl (C=O) groups is 2. The number of likely N-dealkylation sites (N-methyl/N-ethyl adjacent to an activating group) is 2. The number of urea groups is 1. The van der Waals surface area contributed by atoms with Crippen molar-refractivity contribution in [3.05, 3.63) is 71.8 Å². The summed E-state index contributed by atoms with van der Waals surface area (Å²) in [7, 11) is 3.24. The molecule has 2 aromatic rings. The van der Waals surface area contributed by atoms with E-state index in [9.17, 15) is 9.59 Å². The summed E-state index contributed by atoms with van der Waals surface area (Å²) in [6.07, 6.45) is -0.488. The molecule has 2 atom stereocenters. The van der Waals surface area contributed by atoms with Gasteiger partial charge in [-0.3, -0.25) is 9.69 Å². The molecule has 0 aliphatic carbocycles. The van der Waals surface area contributed by atoms with Crippen LogP contribution in [0.1, 0.15) is 11.1 Å². The molecule has 2 aliphatic rings. The van der Waals surface area contributed by atoms with Gasteiger partial charge in [-0.25, -0.2) is 9.79 Å². The second-order valence-electron chi connectivity index (χ2n) is 6.95. The molecule has 1 fully saturated rings. The predicted octanol–water partition coefficient (Wildman–Crippen LogP) is 3.01. The fourth-order valence-corrected chi connectivity index (χ4v) is 4.54. The zero-order valence-electron chi connectivity index (χ0n) is 15.9. The zero-order valence-corrected chi connectivity index (χ0v) is 16.7. The summed E-state index contributed by atoms with van der Waals surface area (Å²) in [5, 5.41) is 0.797. The predicted molar refractivity (Wildman–Crippen MR) is 111 cm³/mol. The van der Waals surface area contributed by atoms with Gasteiger partial charge in [0.05, 0.1) is 0 Å². The van der Waals surface area contributed by atoms with Crippen LogP contribution in [-0.4, -0.2) is 58.1 Å². The summed E-state index contributed by atoms with van der Waals surface area (Å²) < 4.78 is 0. The number of imide groups is 1. The lowest BCUT2D eigenvalue weighted by Gasteiger charge is -2.40. The standard InChI is InChI=1S/C21H22N4O2S/c1-23-18-17(19(26)24(2)21(23)27)25(13-15-9-5-3-6-10-15)20(22-18)28-14-16-11-7-4-8-12-16/h3-12,17-18H,13-14H2,1-2H3. The molecule has 2 aromatic carbocycles. The third-order valence-corrected chi connectivity index (χ3v) is 6.16. The third-order valence-electron chi connectivity index (χ3n) is 5.08. The minimum atomic E-state index is -0.494. The number of carbonyl (C=O) groups excluding carboxylic acids is 2. The normalized spacial score (nSPS) is 21.8. The van der Waals surface area contributed by atoms with Crippen LogP contribution in [0.25, 0.3) is 0 Å². The molecular formula is C21H22N4O2S. The van der Waals surface area contributed by atoms with Crippen LogP contribution in [-0.2, 0) is 17.1 Å². The Kier molecular flexibility index (Phi) is 5.09. The van der Waals surface area contributed by atoms with Gasteiger partial charge in [-0.1, -0.05) is 72.4 Å². The molecule has 0 bridgehead atoms. The molecular weight excluding hydrogens is 372 g/mol. The van der Waals surface area contributed by atoms with Crippen molar-refractivity contribution in [2.45, 2.75) is 24.5 Å². The van der Waals surface area contributed by atoms with Gasteiger partial charge < -0.3 is 9.80 Å². The monoisotopic (exact) mass is 394 g/mol. The molecule has 2 unspecified atom stereocenters. The van der Waals surface area contributed by atoms with E-state index in [1.807, 2.05) is 53.4 Å². The van der Waals surface area contributed by atoms with Crippen molar-refractivity contribution in [1.82, 2.24) is 14.7 Å². The lowest BCUT2D eigenvalue weighted by Crippen LogP contribution is -2.63. The van der Waals surface area contributed by atoms with Gasteiger partial charge in [0.1, 0.15) is 0 Å². The Morgan fingerprint density at radius 2 is 1.54 bits per heavy atom. The Hall–Kier alpha value is -2.80. The third kappa shape index (κ3) is 3.38. The minimum absolute atomic E-state index is 0.205. The van der Waals surface area contributed by atoms with Crippen molar-refractivity contribution in [3.63, 3.8) is 0 Å². The smallest absolute Gasteiger partial charge is 0.328 e. The van der Waals surface area contributed by atoms with E-state index in [0.717, 1.165) is 16.5 Å². The Bertz CT molecular complexity index is 903. The molecule has 144 valence electrons. The zero-order chi connectivity index (χ0) is 19.7. The molecule has 0 spiro atoms. The van der Waals surface area contributed by atoms with Crippen molar-refractivity contribution in [3.8, 4) is 0 Å². The molecule has 1 saturated heterocycles. The second kappa shape index (κ2) is 7.67. The highest BCUT2D eigenvalue weighted by atomic mass is 32.2. The fraction of sp³-hybridized carbons (Fsp3) is 0.286. The van der Waals surface area contributed by atoms with Gasteiger partial charge in [-0.05, 0) is 11.1 Å². The summed E-state index contributed by atoms with van der Waals surface area (Å²) >= 11 is 1.60. The summed E-state index contributed by atoms with van der Waals surface area (Å²) in [6.45, 7) is 0.574. The van der Waals surface area contributed by atoms with Crippen LogP contribution in [0, 0.1) is 0 Å². The van der Waals surface area contributed by atoms with Gasteiger partial charge in [-0.2, -0.15) is 0 Å². The molecule has 2 aliphatic heterocycles. The van der Waals surface area contributed by atoms with Crippen molar-refractivity contribution < 1.29 is 9.59 Å². The van der Waals surface area contributed by atoms with E-state index in [1.165, 1.54) is 17.5 Å². The lowest BCUT2D eigenvalue weighted by molar-refractivity contribution is -0.136. The number of aliphatic imine (C=N–C) groups is 1. The van der Waals surface area contributed by atoms with Crippen molar-refractivity contribution >= 4 is 28.9 Å². The molecule has 2 heterocycles. The van der Waals surface area contributed by atoms with E-state index in [2.05, 4.69) is 12.1 Å². The summed E-state index contributed by atoms with van der Waals surface area (Å²) in [5.74, 6) is 0.551. The molecule has 7 heteroatoms. The summed E-state index contributed by atoms with van der Waals surface area (Å²) in [4.78, 5) is 34.9. The van der Waals surface area contributed by atoms with Crippen molar-refractivity contribution in [2.75, 3.05) is 14.1 Å². The van der Waals surface area contributed by atoms with Crippen LogP contribution < -0.4 is 0 Å². The van der Waals surface area contributed by atoms with Crippen LogP contribution in [0.3, 0.4) is 0 Å². The lowest BCUT2D eigenvalue weighted by atomic mass is 10.1. The molecule has 0 radical (unpaired) electrons. The maximum absolute atomic E-state index is 12.9. The fourth-order valence-electron chi connectivity index (χ4n) is 3.53. The average molecular weight is 395 g/mol. The number of fused-ring (bicyclic) bond motifs is 1.